The van der Waals surface area contributed by atoms with E-state index in [2.05, 4.69) is 5.32 Å². The smallest absolute Gasteiger partial charge is 0.335 e. The van der Waals surface area contributed by atoms with Crippen molar-refractivity contribution >= 4 is 23.5 Å². The van der Waals surface area contributed by atoms with Crippen molar-refractivity contribution < 1.29 is 19.1 Å². The van der Waals surface area contributed by atoms with E-state index in [1.165, 1.54) is 42.5 Å². The number of rotatable bonds is 4. The largest absolute Gasteiger partial charge is 0.478 e. The monoisotopic (exact) mass is 307 g/mol. The minimum Gasteiger partial charge on any atom is -0.478 e. The molecule has 108 valence electrons. The second-order valence-corrected chi connectivity index (χ2v) is 4.72. The summed E-state index contributed by atoms with van der Waals surface area (Å²) < 4.78 is 13.0. The van der Waals surface area contributed by atoms with Crippen molar-refractivity contribution in [3.63, 3.8) is 0 Å². The van der Waals surface area contributed by atoms with Gasteiger partial charge in [-0.1, -0.05) is 17.7 Å². The van der Waals surface area contributed by atoms with Crippen molar-refractivity contribution in [1.29, 1.82) is 0 Å². The molecular formula is C15H11ClFNO3. The molecule has 0 fully saturated rings. The Morgan fingerprint density at radius 1 is 1.10 bits per heavy atom. The standard InChI is InChI=1S/C15H11ClFNO3/c16-12-7-9(1-6-13(12)17)8-18-14(19)10-2-4-11(5-3-10)15(20)21/h1-7H,8H2,(H,18,19)(H,20,21). The summed E-state index contributed by atoms with van der Waals surface area (Å²) in [5.41, 5.74) is 1.11. The number of carbonyl (C=O) groups is 2. The summed E-state index contributed by atoms with van der Waals surface area (Å²) in [7, 11) is 0. The lowest BCUT2D eigenvalue weighted by atomic mass is 10.1. The van der Waals surface area contributed by atoms with Crippen molar-refractivity contribution in [2.45, 2.75) is 6.54 Å². The SMILES string of the molecule is O=C(O)c1ccc(C(=O)NCc2ccc(F)c(Cl)c2)cc1. The van der Waals surface area contributed by atoms with Gasteiger partial charge >= 0.3 is 5.97 Å². The lowest BCUT2D eigenvalue weighted by Gasteiger charge is -2.06. The highest BCUT2D eigenvalue weighted by atomic mass is 35.5. The first kappa shape index (κ1) is 15.0. The topological polar surface area (TPSA) is 66.4 Å². The molecule has 0 radical (unpaired) electrons. The Hall–Kier alpha value is -2.40. The van der Waals surface area contributed by atoms with Crippen molar-refractivity contribution in [2.75, 3.05) is 0 Å². The number of carbonyl (C=O) groups excluding carboxylic acids is 1. The van der Waals surface area contributed by atoms with Gasteiger partial charge in [0.15, 0.2) is 0 Å². The summed E-state index contributed by atoms with van der Waals surface area (Å²) in [6, 6.07) is 9.75. The molecule has 2 rings (SSSR count). The van der Waals surface area contributed by atoms with Gasteiger partial charge in [0.25, 0.3) is 5.91 Å². The normalized spacial score (nSPS) is 10.2. The molecule has 2 aromatic carbocycles. The van der Waals surface area contributed by atoms with Crippen LogP contribution in [-0.4, -0.2) is 17.0 Å². The Kier molecular flexibility index (Phi) is 4.55. The van der Waals surface area contributed by atoms with Gasteiger partial charge in [0.05, 0.1) is 10.6 Å². The molecule has 2 N–H and O–H groups in total. The zero-order valence-electron chi connectivity index (χ0n) is 10.8. The van der Waals surface area contributed by atoms with Crippen LogP contribution in [0.15, 0.2) is 42.5 Å². The van der Waals surface area contributed by atoms with Crippen molar-refractivity contribution in [1.82, 2.24) is 5.32 Å². The molecule has 0 unspecified atom stereocenters. The first-order valence-corrected chi connectivity index (χ1v) is 6.40. The molecule has 21 heavy (non-hydrogen) atoms. The van der Waals surface area contributed by atoms with Gasteiger partial charge in [-0.05, 0) is 42.0 Å². The van der Waals surface area contributed by atoms with Gasteiger partial charge in [-0.25, -0.2) is 9.18 Å². The van der Waals surface area contributed by atoms with E-state index in [9.17, 15) is 14.0 Å². The number of aromatic carboxylic acids is 1. The summed E-state index contributed by atoms with van der Waals surface area (Å²) in [5.74, 6) is -1.92. The Labute approximate surface area is 125 Å². The number of carboxylic acid groups (broad SMARTS) is 1. The summed E-state index contributed by atoms with van der Waals surface area (Å²) in [6.45, 7) is 0.194. The molecule has 1 amide bonds. The first-order valence-electron chi connectivity index (χ1n) is 6.03. The van der Waals surface area contributed by atoms with E-state index in [-0.39, 0.29) is 23.0 Å². The van der Waals surface area contributed by atoms with Crippen LogP contribution in [0.1, 0.15) is 26.3 Å². The number of hydrogen-bond donors (Lipinski definition) is 2. The first-order chi connectivity index (χ1) is 9.97. The molecule has 0 heterocycles. The van der Waals surface area contributed by atoms with Crippen LogP contribution in [-0.2, 0) is 6.54 Å². The maximum Gasteiger partial charge on any atom is 0.335 e. The maximum absolute atomic E-state index is 13.0. The molecule has 0 aromatic heterocycles. The fraction of sp³-hybridized carbons (Fsp3) is 0.0667. The van der Waals surface area contributed by atoms with Crippen molar-refractivity contribution in [3.8, 4) is 0 Å². The van der Waals surface area contributed by atoms with Crippen LogP contribution < -0.4 is 5.32 Å². The van der Waals surface area contributed by atoms with Gasteiger partial charge in [0.1, 0.15) is 5.82 Å². The van der Waals surface area contributed by atoms with Gasteiger partial charge in [0, 0.05) is 12.1 Å². The second-order valence-electron chi connectivity index (χ2n) is 4.31. The third-order valence-corrected chi connectivity index (χ3v) is 3.12. The minimum absolute atomic E-state index is 0.00689. The number of nitrogens with one attached hydrogen (secondary N) is 1. The zero-order chi connectivity index (χ0) is 15.4. The number of halogens is 2. The van der Waals surface area contributed by atoms with Crippen LogP contribution in [0.4, 0.5) is 4.39 Å². The molecule has 0 spiro atoms. The van der Waals surface area contributed by atoms with Crippen molar-refractivity contribution in [2.24, 2.45) is 0 Å². The summed E-state index contributed by atoms with van der Waals surface area (Å²) in [6.07, 6.45) is 0. The van der Waals surface area contributed by atoms with Gasteiger partial charge < -0.3 is 10.4 Å². The van der Waals surface area contributed by atoms with E-state index in [4.69, 9.17) is 16.7 Å². The van der Waals surface area contributed by atoms with E-state index in [1.54, 1.807) is 0 Å². The highest BCUT2D eigenvalue weighted by Crippen LogP contribution is 2.16. The third-order valence-electron chi connectivity index (χ3n) is 2.83. The average molecular weight is 308 g/mol. The van der Waals surface area contributed by atoms with E-state index < -0.39 is 11.8 Å². The number of carboxylic acids is 1. The molecule has 6 heteroatoms. The lowest BCUT2D eigenvalue weighted by molar-refractivity contribution is 0.0696. The predicted molar refractivity (Wildman–Crippen MR) is 76.0 cm³/mol. The molecular weight excluding hydrogens is 297 g/mol. The highest BCUT2D eigenvalue weighted by Gasteiger charge is 2.08. The Bertz CT molecular complexity index is 686. The molecule has 0 atom stereocenters. The molecule has 0 aliphatic carbocycles. The molecule has 0 aliphatic heterocycles. The van der Waals surface area contributed by atoms with Gasteiger partial charge in [-0.15, -0.1) is 0 Å². The third kappa shape index (κ3) is 3.79. The quantitative estimate of drug-likeness (QED) is 0.912. The Morgan fingerprint density at radius 2 is 1.71 bits per heavy atom. The number of hydrogen-bond acceptors (Lipinski definition) is 2. The van der Waals surface area contributed by atoms with Gasteiger partial charge in [-0.2, -0.15) is 0 Å². The summed E-state index contributed by atoms with van der Waals surface area (Å²) >= 11 is 5.65. The Morgan fingerprint density at radius 3 is 2.29 bits per heavy atom. The van der Waals surface area contributed by atoms with Gasteiger partial charge in [0.2, 0.25) is 0 Å². The zero-order valence-corrected chi connectivity index (χ0v) is 11.5. The van der Waals surface area contributed by atoms with E-state index in [0.29, 0.717) is 11.1 Å². The highest BCUT2D eigenvalue weighted by molar-refractivity contribution is 6.30. The fourth-order valence-corrected chi connectivity index (χ4v) is 1.90. The summed E-state index contributed by atoms with van der Waals surface area (Å²) in [5, 5.41) is 11.4. The average Bonchev–Trinajstić information content (AvgIpc) is 2.48. The van der Waals surface area contributed by atoms with Crippen LogP contribution in [0.5, 0.6) is 0 Å². The van der Waals surface area contributed by atoms with Crippen LogP contribution in [0.2, 0.25) is 5.02 Å². The van der Waals surface area contributed by atoms with Crippen LogP contribution in [0.25, 0.3) is 0 Å². The predicted octanol–water partition coefficient (Wildman–Crippen LogP) is 3.11. The fourth-order valence-electron chi connectivity index (χ4n) is 1.70. The molecule has 4 nitrogen and oxygen atoms in total. The molecule has 0 bridgehead atoms. The Balaban J connectivity index is 2.01. The summed E-state index contributed by atoms with van der Waals surface area (Å²) in [4.78, 5) is 22.6. The van der Waals surface area contributed by atoms with Crippen molar-refractivity contribution in [3.05, 3.63) is 70.0 Å². The minimum atomic E-state index is -1.05. The number of benzene rings is 2. The molecule has 2 aromatic rings. The van der Waals surface area contributed by atoms with Crippen LogP contribution >= 0.6 is 11.6 Å². The molecule has 0 aliphatic rings. The molecule has 0 saturated heterocycles. The van der Waals surface area contributed by atoms with Crippen LogP contribution in [0, 0.1) is 5.82 Å². The van der Waals surface area contributed by atoms with E-state index >= 15 is 0 Å². The van der Waals surface area contributed by atoms with Gasteiger partial charge in [-0.3, -0.25) is 4.79 Å². The number of amides is 1. The van der Waals surface area contributed by atoms with Crippen LogP contribution in [0.3, 0.4) is 0 Å². The van der Waals surface area contributed by atoms with E-state index in [1.807, 2.05) is 0 Å². The second kappa shape index (κ2) is 6.37. The maximum atomic E-state index is 13.0. The molecule has 0 saturated carbocycles. The lowest BCUT2D eigenvalue weighted by Crippen LogP contribution is -2.22. The van der Waals surface area contributed by atoms with E-state index in [0.717, 1.165) is 0 Å².